The highest BCUT2D eigenvalue weighted by atomic mass is 32.1. The second-order valence-electron chi connectivity index (χ2n) is 8.00. The highest BCUT2D eigenvalue weighted by Gasteiger charge is 2.39. The Kier molecular flexibility index (Phi) is 5.69. The van der Waals surface area contributed by atoms with E-state index in [1.54, 1.807) is 0 Å². The van der Waals surface area contributed by atoms with Crippen LogP contribution in [0.5, 0.6) is 5.75 Å². The molecule has 1 N–H and O–H groups in total. The number of hydrogen-bond donors (Lipinski definition) is 1. The lowest BCUT2D eigenvalue weighted by Crippen LogP contribution is -2.48. The van der Waals surface area contributed by atoms with E-state index >= 15 is 0 Å². The van der Waals surface area contributed by atoms with Crippen molar-refractivity contribution in [3.63, 3.8) is 0 Å². The zero-order valence-electron chi connectivity index (χ0n) is 16.9. The normalized spacial score (nSPS) is 24.3. The quantitative estimate of drug-likeness (QED) is 0.788. The Morgan fingerprint density at radius 3 is 2.57 bits per heavy atom. The summed E-state index contributed by atoms with van der Waals surface area (Å²) in [7, 11) is 2.22. The lowest BCUT2D eigenvalue weighted by molar-refractivity contribution is 0.0885. The third-order valence-corrected chi connectivity index (χ3v) is 7.22. The molecular weight excluding hydrogens is 370 g/mol. The average Bonchev–Trinajstić information content (AvgIpc) is 3.16. The van der Waals surface area contributed by atoms with Crippen LogP contribution in [0.2, 0.25) is 0 Å². The van der Waals surface area contributed by atoms with Crippen molar-refractivity contribution in [3.05, 3.63) is 34.8 Å². The molecule has 3 heterocycles. The van der Waals surface area contributed by atoms with Gasteiger partial charge in [-0.05, 0) is 70.3 Å². The number of nitrogens with one attached hydrogen (secondary N) is 1. The molecule has 2 atom stereocenters. The minimum atomic E-state index is 0.0260. The Bertz CT molecular complexity index is 819. The van der Waals surface area contributed by atoms with Gasteiger partial charge in [0, 0.05) is 23.7 Å². The fourth-order valence-corrected chi connectivity index (χ4v) is 5.40. The van der Waals surface area contributed by atoms with E-state index in [0.29, 0.717) is 12.1 Å². The fourth-order valence-electron chi connectivity index (χ4n) is 4.42. The summed E-state index contributed by atoms with van der Waals surface area (Å²) in [5, 5.41) is 4.16. The maximum absolute atomic E-state index is 12.9. The van der Waals surface area contributed by atoms with Crippen molar-refractivity contribution in [2.75, 3.05) is 13.7 Å². The molecule has 2 aliphatic heterocycles. The smallest absolute Gasteiger partial charge is 0.263 e. The highest BCUT2D eigenvalue weighted by Crippen LogP contribution is 2.35. The van der Waals surface area contributed by atoms with Gasteiger partial charge < -0.3 is 15.0 Å². The summed E-state index contributed by atoms with van der Waals surface area (Å²) in [6.07, 6.45) is 5.63. The SMILES string of the molecule is CCCOc1ccc(-c2nc(C)c(C(=O)NC3CC4CCC(C3)N4C)s2)cc1. The van der Waals surface area contributed by atoms with Crippen molar-refractivity contribution in [2.45, 2.75) is 64.1 Å². The van der Waals surface area contributed by atoms with Gasteiger partial charge in [-0.3, -0.25) is 4.79 Å². The van der Waals surface area contributed by atoms with Crippen LogP contribution < -0.4 is 10.1 Å². The standard InChI is InChI=1S/C22H29N3O2S/c1-4-11-27-19-9-5-15(6-10-19)22-23-14(2)20(28-22)21(26)24-16-12-17-7-8-18(13-16)25(17)3/h5-6,9-10,16-18H,4,7-8,11-13H2,1-3H3,(H,24,26). The zero-order valence-corrected chi connectivity index (χ0v) is 17.7. The Morgan fingerprint density at radius 1 is 1.25 bits per heavy atom. The number of benzene rings is 1. The van der Waals surface area contributed by atoms with E-state index in [9.17, 15) is 4.79 Å². The second-order valence-corrected chi connectivity index (χ2v) is 9.00. The van der Waals surface area contributed by atoms with Gasteiger partial charge in [-0.25, -0.2) is 4.98 Å². The number of aryl methyl sites for hydroxylation is 1. The number of fused-ring (bicyclic) bond motifs is 2. The number of rotatable bonds is 6. The number of carbonyl (C=O) groups is 1. The molecule has 1 aromatic heterocycles. The van der Waals surface area contributed by atoms with E-state index in [0.717, 1.165) is 52.8 Å². The summed E-state index contributed by atoms with van der Waals surface area (Å²) in [5.74, 6) is 0.895. The predicted octanol–water partition coefficient (Wildman–Crippen LogP) is 4.26. The minimum Gasteiger partial charge on any atom is -0.494 e. The molecule has 2 aromatic rings. The molecule has 150 valence electrons. The molecular formula is C22H29N3O2S. The first kappa shape index (κ1) is 19.4. The molecule has 2 saturated heterocycles. The number of piperidine rings is 1. The molecule has 2 fully saturated rings. The maximum Gasteiger partial charge on any atom is 0.263 e. The first-order valence-electron chi connectivity index (χ1n) is 10.3. The van der Waals surface area contributed by atoms with Crippen molar-refractivity contribution in [2.24, 2.45) is 0 Å². The van der Waals surface area contributed by atoms with Gasteiger partial charge in [0.1, 0.15) is 15.6 Å². The molecule has 2 unspecified atom stereocenters. The summed E-state index contributed by atoms with van der Waals surface area (Å²) >= 11 is 1.48. The summed E-state index contributed by atoms with van der Waals surface area (Å²) < 4.78 is 5.64. The Labute approximate surface area is 171 Å². The van der Waals surface area contributed by atoms with Crippen molar-refractivity contribution >= 4 is 17.2 Å². The van der Waals surface area contributed by atoms with Gasteiger partial charge in [0.15, 0.2) is 0 Å². The number of carbonyl (C=O) groups excluding carboxylic acids is 1. The van der Waals surface area contributed by atoms with Crippen LogP contribution in [-0.4, -0.2) is 47.6 Å². The molecule has 0 saturated carbocycles. The highest BCUT2D eigenvalue weighted by molar-refractivity contribution is 7.17. The van der Waals surface area contributed by atoms with Crippen molar-refractivity contribution < 1.29 is 9.53 Å². The van der Waals surface area contributed by atoms with E-state index in [4.69, 9.17) is 4.74 Å². The molecule has 1 aromatic carbocycles. The van der Waals surface area contributed by atoms with Gasteiger partial charge in [0.25, 0.3) is 5.91 Å². The predicted molar refractivity (Wildman–Crippen MR) is 113 cm³/mol. The largest absolute Gasteiger partial charge is 0.494 e. The number of ether oxygens (including phenoxy) is 1. The van der Waals surface area contributed by atoms with Crippen LogP contribution in [0.3, 0.4) is 0 Å². The third kappa shape index (κ3) is 3.94. The molecule has 0 aliphatic carbocycles. The number of hydrogen-bond acceptors (Lipinski definition) is 5. The third-order valence-electron chi connectivity index (χ3n) is 6.01. The molecule has 4 rings (SSSR count). The van der Waals surface area contributed by atoms with Crippen molar-refractivity contribution in [3.8, 4) is 16.3 Å². The van der Waals surface area contributed by atoms with Crippen LogP contribution in [0.4, 0.5) is 0 Å². The van der Waals surface area contributed by atoms with Crippen LogP contribution in [-0.2, 0) is 0 Å². The molecule has 0 radical (unpaired) electrons. The topological polar surface area (TPSA) is 54.5 Å². The van der Waals surface area contributed by atoms with Gasteiger partial charge in [-0.15, -0.1) is 11.3 Å². The van der Waals surface area contributed by atoms with Crippen LogP contribution >= 0.6 is 11.3 Å². The van der Waals surface area contributed by atoms with Crippen LogP contribution in [0.25, 0.3) is 10.6 Å². The van der Waals surface area contributed by atoms with Gasteiger partial charge in [0.2, 0.25) is 0 Å². The lowest BCUT2D eigenvalue weighted by Gasteiger charge is -2.36. The first-order chi connectivity index (χ1) is 13.5. The molecule has 1 amide bonds. The number of thiazole rings is 1. The summed E-state index contributed by atoms with van der Waals surface area (Å²) in [6.45, 7) is 4.74. The van der Waals surface area contributed by atoms with Gasteiger partial charge in [-0.1, -0.05) is 6.92 Å². The molecule has 2 aliphatic rings. The van der Waals surface area contributed by atoms with E-state index in [1.165, 1.54) is 24.2 Å². The second kappa shape index (κ2) is 8.21. The number of nitrogens with zero attached hydrogens (tertiary/aromatic N) is 2. The van der Waals surface area contributed by atoms with Gasteiger partial charge in [0.05, 0.1) is 12.3 Å². The van der Waals surface area contributed by atoms with E-state index in [1.807, 2.05) is 31.2 Å². The van der Waals surface area contributed by atoms with Gasteiger partial charge in [-0.2, -0.15) is 0 Å². The van der Waals surface area contributed by atoms with Crippen LogP contribution in [0, 0.1) is 6.92 Å². The molecule has 2 bridgehead atoms. The van der Waals surface area contributed by atoms with E-state index < -0.39 is 0 Å². The van der Waals surface area contributed by atoms with Crippen LogP contribution in [0.1, 0.15) is 54.4 Å². The zero-order chi connectivity index (χ0) is 19.7. The summed E-state index contributed by atoms with van der Waals surface area (Å²) in [6, 6.07) is 9.48. The van der Waals surface area contributed by atoms with Crippen molar-refractivity contribution in [1.29, 1.82) is 0 Å². The number of aromatic nitrogens is 1. The lowest BCUT2D eigenvalue weighted by atomic mass is 9.98. The summed E-state index contributed by atoms with van der Waals surface area (Å²) in [4.78, 5) is 20.8. The summed E-state index contributed by atoms with van der Waals surface area (Å²) in [5.41, 5.74) is 1.83. The van der Waals surface area contributed by atoms with Crippen LogP contribution in [0.15, 0.2) is 24.3 Å². The molecule has 5 nitrogen and oxygen atoms in total. The minimum absolute atomic E-state index is 0.0260. The molecule has 28 heavy (non-hydrogen) atoms. The Morgan fingerprint density at radius 2 is 1.93 bits per heavy atom. The fraction of sp³-hybridized carbons (Fsp3) is 0.545. The van der Waals surface area contributed by atoms with E-state index in [-0.39, 0.29) is 11.9 Å². The monoisotopic (exact) mass is 399 g/mol. The Hall–Kier alpha value is -1.92. The average molecular weight is 400 g/mol. The van der Waals surface area contributed by atoms with E-state index in [2.05, 4.69) is 29.2 Å². The Balaban J connectivity index is 1.43. The number of amides is 1. The maximum atomic E-state index is 12.9. The molecule has 0 spiro atoms. The van der Waals surface area contributed by atoms with Gasteiger partial charge >= 0.3 is 0 Å². The van der Waals surface area contributed by atoms with Crippen molar-refractivity contribution in [1.82, 2.24) is 15.2 Å². The first-order valence-corrected chi connectivity index (χ1v) is 11.1. The molecule has 6 heteroatoms.